The van der Waals surface area contributed by atoms with Crippen molar-refractivity contribution in [1.29, 1.82) is 5.41 Å². The smallest absolute Gasteiger partial charge is 0.161 e. The van der Waals surface area contributed by atoms with Crippen molar-refractivity contribution in [2.24, 2.45) is 9.98 Å². The highest BCUT2D eigenvalue weighted by atomic mass is 14.9. The van der Waals surface area contributed by atoms with Crippen molar-refractivity contribution in [3.63, 3.8) is 0 Å². The number of pyridine rings is 3. The van der Waals surface area contributed by atoms with Crippen LogP contribution in [0.4, 0.5) is 0 Å². The summed E-state index contributed by atoms with van der Waals surface area (Å²) >= 11 is 0. The first-order valence-electron chi connectivity index (χ1n) is 14.2. The molecule has 3 heterocycles. The van der Waals surface area contributed by atoms with Crippen LogP contribution in [0.25, 0.3) is 44.1 Å². The molecule has 0 spiro atoms. The lowest BCUT2D eigenvalue weighted by atomic mass is 9.93. The minimum absolute atomic E-state index is 0.428. The van der Waals surface area contributed by atoms with Gasteiger partial charge in [0.2, 0.25) is 0 Å². The Kier molecular flexibility index (Phi) is 7.29. The third kappa shape index (κ3) is 5.28. The van der Waals surface area contributed by atoms with E-state index in [1.54, 1.807) is 24.8 Å². The molecule has 0 fully saturated rings. The van der Waals surface area contributed by atoms with E-state index in [0.717, 1.165) is 62.0 Å². The predicted molar refractivity (Wildman–Crippen MR) is 180 cm³/mol. The molecule has 6 heteroatoms. The topological polar surface area (TPSA) is 87.2 Å². The number of benzene rings is 4. The van der Waals surface area contributed by atoms with E-state index >= 15 is 0 Å². The summed E-state index contributed by atoms with van der Waals surface area (Å²) in [7, 11) is 0. The lowest BCUT2D eigenvalue weighted by Gasteiger charge is -2.14. The average Bonchev–Trinajstić information content (AvgIpc) is 3.10. The first-order chi connectivity index (χ1) is 21.8. The number of hydrogen-bond acceptors (Lipinski definition) is 4. The summed E-state index contributed by atoms with van der Waals surface area (Å²) < 4.78 is 0. The second-order valence-corrected chi connectivity index (χ2v) is 10.2. The van der Waals surface area contributed by atoms with Crippen LogP contribution in [0.3, 0.4) is 0 Å². The molecule has 0 radical (unpaired) electrons. The number of aromatic nitrogens is 3. The predicted octanol–water partition coefficient (Wildman–Crippen LogP) is 8.40. The van der Waals surface area contributed by atoms with Crippen LogP contribution in [0.5, 0.6) is 0 Å². The molecular weight excluding hydrogens is 540 g/mol. The summed E-state index contributed by atoms with van der Waals surface area (Å²) in [6.45, 7) is 0. The van der Waals surface area contributed by atoms with E-state index in [-0.39, 0.29) is 0 Å². The molecule has 0 bridgehead atoms. The number of rotatable bonds is 6. The number of nitrogens with one attached hydrogen (secondary N) is 1. The van der Waals surface area contributed by atoms with E-state index < -0.39 is 0 Å². The zero-order valence-electron chi connectivity index (χ0n) is 23.7. The molecule has 1 N–H and O–H groups in total. The molecule has 0 saturated carbocycles. The van der Waals surface area contributed by atoms with Crippen LogP contribution >= 0.6 is 0 Å². The van der Waals surface area contributed by atoms with Gasteiger partial charge in [-0.25, -0.2) is 15.0 Å². The maximum atomic E-state index is 7.65. The molecule has 7 aromatic rings. The minimum Gasteiger partial charge on any atom is -0.289 e. The Hall–Kier alpha value is -6.14. The number of amidine groups is 1. The summed E-state index contributed by atoms with van der Waals surface area (Å²) in [5.74, 6) is 0.428. The lowest BCUT2D eigenvalue weighted by Crippen LogP contribution is -2.09. The highest BCUT2D eigenvalue weighted by Gasteiger charge is 2.15. The second kappa shape index (κ2) is 12.0. The molecule has 0 aliphatic rings. The summed E-state index contributed by atoms with van der Waals surface area (Å²) in [6.07, 6.45) is 7.89. The van der Waals surface area contributed by atoms with Gasteiger partial charge in [0.1, 0.15) is 6.34 Å². The zero-order valence-corrected chi connectivity index (χ0v) is 23.7. The largest absolute Gasteiger partial charge is 0.289 e. The van der Waals surface area contributed by atoms with Gasteiger partial charge >= 0.3 is 0 Å². The Labute approximate surface area is 254 Å². The van der Waals surface area contributed by atoms with Gasteiger partial charge in [-0.3, -0.25) is 15.4 Å². The monoisotopic (exact) mass is 566 g/mol. The van der Waals surface area contributed by atoms with E-state index in [9.17, 15) is 0 Å². The van der Waals surface area contributed by atoms with Crippen molar-refractivity contribution in [2.75, 3.05) is 0 Å². The molecule has 4 aromatic carbocycles. The third-order valence-corrected chi connectivity index (χ3v) is 7.53. The standard InChI is InChI=1S/C38H26N6/c39-25-42-38(31-18-22-41-23-19-31)44-37(30-16-20-40-21-17-30)29-12-10-27(11-13-29)33-24-35(28-7-2-1-3-8-28)43-34-15-14-26-6-4-5-9-32(26)36(33)34/h1-25,39H/b39-25?,42-38-,44-37-. The molecule has 0 saturated heterocycles. The highest BCUT2D eigenvalue weighted by molar-refractivity contribution is 6.20. The second-order valence-electron chi connectivity index (χ2n) is 10.2. The zero-order chi connectivity index (χ0) is 29.7. The van der Waals surface area contributed by atoms with Crippen molar-refractivity contribution >= 4 is 39.6 Å². The Morgan fingerprint density at radius 2 is 1.27 bits per heavy atom. The van der Waals surface area contributed by atoms with E-state index in [0.29, 0.717) is 5.84 Å². The van der Waals surface area contributed by atoms with Crippen LogP contribution in [0.15, 0.2) is 156 Å². The van der Waals surface area contributed by atoms with Crippen molar-refractivity contribution < 1.29 is 0 Å². The molecule has 208 valence electrons. The van der Waals surface area contributed by atoms with Gasteiger partial charge in [0.05, 0.1) is 16.9 Å². The first kappa shape index (κ1) is 26.7. The van der Waals surface area contributed by atoms with Crippen LogP contribution in [0.1, 0.15) is 16.7 Å². The molecule has 0 amide bonds. The van der Waals surface area contributed by atoms with Crippen molar-refractivity contribution in [3.05, 3.63) is 163 Å². The minimum atomic E-state index is 0.428. The van der Waals surface area contributed by atoms with Gasteiger partial charge in [-0.1, -0.05) is 84.9 Å². The fourth-order valence-corrected chi connectivity index (χ4v) is 5.44. The van der Waals surface area contributed by atoms with Crippen LogP contribution in [-0.4, -0.2) is 32.8 Å². The number of aliphatic imine (C=N–C) groups is 2. The first-order valence-corrected chi connectivity index (χ1v) is 14.2. The van der Waals surface area contributed by atoms with E-state index in [2.05, 4.69) is 93.8 Å². The quantitative estimate of drug-likeness (QED) is 0.125. The Bertz CT molecular complexity index is 2160. The Balaban J connectivity index is 1.40. The maximum absolute atomic E-state index is 7.65. The molecular formula is C38H26N6. The highest BCUT2D eigenvalue weighted by Crippen LogP contribution is 2.36. The van der Waals surface area contributed by atoms with Crippen molar-refractivity contribution in [3.8, 4) is 22.4 Å². The number of fused-ring (bicyclic) bond motifs is 3. The Morgan fingerprint density at radius 1 is 0.614 bits per heavy atom. The maximum Gasteiger partial charge on any atom is 0.161 e. The van der Waals surface area contributed by atoms with Gasteiger partial charge in [0, 0.05) is 52.4 Å². The van der Waals surface area contributed by atoms with Crippen LogP contribution < -0.4 is 0 Å². The molecule has 3 aromatic heterocycles. The van der Waals surface area contributed by atoms with Gasteiger partial charge in [-0.05, 0) is 58.3 Å². The summed E-state index contributed by atoms with van der Waals surface area (Å²) in [5.41, 5.74) is 8.45. The van der Waals surface area contributed by atoms with Crippen LogP contribution in [-0.2, 0) is 0 Å². The van der Waals surface area contributed by atoms with Crippen LogP contribution in [0.2, 0.25) is 0 Å². The van der Waals surface area contributed by atoms with Crippen molar-refractivity contribution in [1.82, 2.24) is 15.0 Å². The molecule has 0 aliphatic carbocycles. The number of hydrogen-bond donors (Lipinski definition) is 1. The molecule has 0 aliphatic heterocycles. The molecule has 0 unspecified atom stereocenters. The third-order valence-electron chi connectivity index (χ3n) is 7.53. The SMILES string of the molecule is N=C/N=C(\N=C(/c1ccncc1)c1ccc(-c2cc(-c3ccccc3)nc3ccc4ccccc4c23)cc1)c1ccncc1. The fourth-order valence-electron chi connectivity index (χ4n) is 5.44. The van der Waals surface area contributed by atoms with Gasteiger partial charge in [0.15, 0.2) is 5.84 Å². The summed E-state index contributed by atoms with van der Waals surface area (Å²) in [6, 6.07) is 41.1. The molecule has 44 heavy (non-hydrogen) atoms. The lowest BCUT2D eigenvalue weighted by molar-refractivity contribution is 1.31. The Morgan fingerprint density at radius 3 is 2.00 bits per heavy atom. The van der Waals surface area contributed by atoms with Crippen molar-refractivity contribution in [2.45, 2.75) is 0 Å². The normalized spacial score (nSPS) is 12.0. The van der Waals surface area contributed by atoms with Gasteiger partial charge in [0.25, 0.3) is 0 Å². The molecule has 6 nitrogen and oxygen atoms in total. The van der Waals surface area contributed by atoms with E-state index in [4.69, 9.17) is 15.4 Å². The average molecular weight is 567 g/mol. The number of nitrogens with zero attached hydrogens (tertiary/aromatic N) is 5. The van der Waals surface area contributed by atoms with Gasteiger partial charge in [-0.15, -0.1) is 0 Å². The molecule has 7 rings (SSSR count). The van der Waals surface area contributed by atoms with Gasteiger partial charge in [-0.2, -0.15) is 0 Å². The van der Waals surface area contributed by atoms with E-state index in [1.807, 2.05) is 42.5 Å². The summed E-state index contributed by atoms with van der Waals surface area (Å²) in [5, 5.41) is 11.1. The van der Waals surface area contributed by atoms with Crippen LogP contribution in [0, 0.1) is 5.41 Å². The fraction of sp³-hybridized carbons (Fsp3) is 0. The molecule has 0 atom stereocenters. The van der Waals surface area contributed by atoms with Gasteiger partial charge < -0.3 is 0 Å². The summed E-state index contributed by atoms with van der Waals surface area (Å²) in [4.78, 5) is 22.6. The van der Waals surface area contributed by atoms with E-state index in [1.165, 1.54) is 10.8 Å².